The summed E-state index contributed by atoms with van der Waals surface area (Å²) < 4.78 is 0. The number of nitrogens with zero attached hydrogens (tertiary/aromatic N) is 2. The van der Waals surface area contributed by atoms with E-state index in [0.717, 1.165) is 16.8 Å². The Morgan fingerprint density at radius 1 is 1.21 bits per heavy atom. The molecule has 1 aromatic carbocycles. The van der Waals surface area contributed by atoms with Crippen LogP contribution in [-0.4, -0.2) is 10.9 Å². The van der Waals surface area contributed by atoms with Crippen molar-refractivity contribution < 1.29 is 4.79 Å². The SMILES string of the molecule is O=C1Cc2ccc(Cl)cc2N1Cc1ccnc(Cl)c1. The van der Waals surface area contributed by atoms with Crippen molar-refractivity contribution in [2.45, 2.75) is 13.0 Å². The molecule has 1 aliphatic heterocycles. The normalized spacial score (nSPS) is 13.8. The smallest absolute Gasteiger partial charge is 0.231 e. The van der Waals surface area contributed by atoms with Gasteiger partial charge in [0.1, 0.15) is 5.15 Å². The van der Waals surface area contributed by atoms with Gasteiger partial charge in [0.05, 0.1) is 13.0 Å². The second kappa shape index (κ2) is 4.83. The van der Waals surface area contributed by atoms with Crippen molar-refractivity contribution in [1.29, 1.82) is 0 Å². The van der Waals surface area contributed by atoms with Gasteiger partial charge in [-0.15, -0.1) is 0 Å². The molecule has 0 bridgehead atoms. The first-order valence-corrected chi connectivity index (χ1v) is 6.58. The Labute approximate surface area is 120 Å². The topological polar surface area (TPSA) is 33.2 Å². The van der Waals surface area contributed by atoms with E-state index in [1.807, 2.05) is 18.2 Å². The number of fused-ring (bicyclic) bond motifs is 1. The maximum atomic E-state index is 12.1. The van der Waals surface area contributed by atoms with Gasteiger partial charge in [0.25, 0.3) is 0 Å². The highest BCUT2D eigenvalue weighted by molar-refractivity contribution is 6.31. The lowest BCUT2D eigenvalue weighted by Crippen LogP contribution is -2.26. The van der Waals surface area contributed by atoms with Gasteiger partial charge in [-0.2, -0.15) is 0 Å². The molecule has 2 aromatic rings. The van der Waals surface area contributed by atoms with Gasteiger partial charge < -0.3 is 4.90 Å². The lowest BCUT2D eigenvalue weighted by Gasteiger charge is -2.17. The van der Waals surface area contributed by atoms with Gasteiger partial charge in [-0.25, -0.2) is 4.98 Å². The summed E-state index contributed by atoms with van der Waals surface area (Å²) in [5, 5.41) is 1.06. The Hall–Kier alpha value is -1.58. The zero-order chi connectivity index (χ0) is 13.4. The summed E-state index contributed by atoms with van der Waals surface area (Å²) in [5.74, 6) is 0.0743. The van der Waals surface area contributed by atoms with Gasteiger partial charge in [0.2, 0.25) is 5.91 Å². The minimum Gasteiger partial charge on any atom is -0.307 e. The van der Waals surface area contributed by atoms with Gasteiger partial charge in [-0.05, 0) is 35.4 Å². The van der Waals surface area contributed by atoms with Gasteiger partial charge >= 0.3 is 0 Å². The zero-order valence-corrected chi connectivity index (χ0v) is 11.4. The first-order chi connectivity index (χ1) is 9.13. The largest absolute Gasteiger partial charge is 0.307 e. The number of anilines is 1. The van der Waals surface area contributed by atoms with Crippen LogP contribution in [0.4, 0.5) is 5.69 Å². The Balaban J connectivity index is 1.94. The fourth-order valence-electron chi connectivity index (χ4n) is 2.23. The number of pyridine rings is 1. The first kappa shape index (κ1) is 12.5. The maximum absolute atomic E-state index is 12.1. The van der Waals surface area contributed by atoms with Crippen LogP contribution in [0.1, 0.15) is 11.1 Å². The number of aromatic nitrogens is 1. The number of hydrogen-bond acceptors (Lipinski definition) is 2. The summed E-state index contributed by atoms with van der Waals surface area (Å²) in [6, 6.07) is 9.14. The molecule has 96 valence electrons. The van der Waals surface area contributed by atoms with Crippen LogP contribution in [0.25, 0.3) is 0 Å². The van der Waals surface area contributed by atoms with Crippen molar-refractivity contribution in [3.8, 4) is 0 Å². The molecule has 1 amide bonds. The third-order valence-electron chi connectivity index (χ3n) is 3.11. The number of halogens is 2. The summed E-state index contributed by atoms with van der Waals surface area (Å²) in [7, 11) is 0. The third kappa shape index (κ3) is 2.44. The lowest BCUT2D eigenvalue weighted by molar-refractivity contribution is -0.117. The van der Waals surface area contributed by atoms with Crippen LogP contribution >= 0.6 is 23.2 Å². The molecule has 0 saturated heterocycles. The summed E-state index contributed by atoms with van der Waals surface area (Å²) >= 11 is 11.9. The molecular formula is C14H10Cl2N2O. The lowest BCUT2D eigenvalue weighted by atomic mass is 10.2. The Morgan fingerprint density at radius 2 is 2.05 bits per heavy atom. The Morgan fingerprint density at radius 3 is 2.84 bits per heavy atom. The molecule has 0 atom stereocenters. The second-order valence-corrected chi connectivity index (χ2v) is 5.24. The number of hydrogen-bond donors (Lipinski definition) is 0. The van der Waals surface area contributed by atoms with E-state index in [9.17, 15) is 4.79 Å². The number of benzene rings is 1. The van der Waals surface area contributed by atoms with Gasteiger partial charge in [0, 0.05) is 16.9 Å². The Bertz CT molecular complexity index is 658. The summed E-state index contributed by atoms with van der Waals surface area (Å²) in [6.45, 7) is 0.481. The zero-order valence-electron chi connectivity index (χ0n) is 9.94. The molecule has 0 radical (unpaired) electrons. The molecule has 2 heterocycles. The number of amides is 1. The van der Waals surface area contributed by atoms with Gasteiger partial charge in [-0.3, -0.25) is 4.79 Å². The molecule has 0 N–H and O–H groups in total. The molecular weight excluding hydrogens is 283 g/mol. The number of carbonyl (C=O) groups is 1. The molecule has 3 rings (SSSR count). The van der Waals surface area contributed by atoms with Crippen LogP contribution in [0.3, 0.4) is 0 Å². The van der Waals surface area contributed by atoms with Crippen LogP contribution in [0.5, 0.6) is 0 Å². The monoisotopic (exact) mass is 292 g/mol. The van der Waals surface area contributed by atoms with Crippen molar-refractivity contribution >= 4 is 34.8 Å². The van der Waals surface area contributed by atoms with Gasteiger partial charge in [-0.1, -0.05) is 29.3 Å². The molecule has 0 spiro atoms. The standard InChI is InChI=1S/C14H10Cl2N2O/c15-11-2-1-10-6-14(19)18(12(10)7-11)8-9-3-4-17-13(16)5-9/h1-5,7H,6,8H2. The summed E-state index contributed by atoms with van der Waals surface area (Å²) in [5.41, 5.74) is 2.83. The van der Waals surface area contributed by atoms with E-state index in [4.69, 9.17) is 23.2 Å². The van der Waals surface area contributed by atoms with Crippen molar-refractivity contribution in [1.82, 2.24) is 4.98 Å². The highest BCUT2D eigenvalue weighted by Gasteiger charge is 2.27. The van der Waals surface area contributed by atoms with Crippen molar-refractivity contribution in [2.75, 3.05) is 4.90 Å². The predicted octanol–water partition coefficient (Wildman–Crippen LogP) is 3.48. The van der Waals surface area contributed by atoms with E-state index in [1.54, 1.807) is 23.2 Å². The quantitative estimate of drug-likeness (QED) is 0.794. The van der Waals surface area contributed by atoms with Crippen LogP contribution in [0, 0.1) is 0 Å². The minimum absolute atomic E-state index is 0.0743. The molecule has 1 aromatic heterocycles. The van der Waals surface area contributed by atoms with E-state index in [0.29, 0.717) is 23.1 Å². The van der Waals surface area contributed by atoms with Crippen LogP contribution in [0.15, 0.2) is 36.5 Å². The molecule has 3 nitrogen and oxygen atoms in total. The minimum atomic E-state index is 0.0743. The first-order valence-electron chi connectivity index (χ1n) is 5.83. The molecule has 19 heavy (non-hydrogen) atoms. The Kier molecular flexibility index (Phi) is 3.17. The van der Waals surface area contributed by atoms with E-state index in [1.165, 1.54) is 0 Å². The van der Waals surface area contributed by atoms with Crippen molar-refractivity contribution in [3.05, 3.63) is 57.8 Å². The van der Waals surface area contributed by atoms with E-state index in [2.05, 4.69) is 4.98 Å². The maximum Gasteiger partial charge on any atom is 0.231 e. The number of rotatable bonds is 2. The third-order valence-corrected chi connectivity index (χ3v) is 3.55. The average molecular weight is 293 g/mol. The highest BCUT2D eigenvalue weighted by Crippen LogP contribution is 2.32. The van der Waals surface area contributed by atoms with Crippen molar-refractivity contribution in [2.24, 2.45) is 0 Å². The summed E-state index contributed by atoms with van der Waals surface area (Å²) in [4.78, 5) is 17.7. The molecule has 5 heteroatoms. The summed E-state index contributed by atoms with van der Waals surface area (Å²) in [6.07, 6.45) is 2.06. The fraction of sp³-hybridized carbons (Fsp3) is 0.143. The van der Waals surface area contributed by atoms with E-state index >= 15 is 0 Å². The fourth-order valence-corrected chi connectivity index (χ4v) is 2.59. The van der Waals surface area contributed by atoms with Crippen LogP contribution in [-0.2, 0) is 17.8 Å². The molecule has 0 saturated carbocycles. The van der Waals surface area contributed by atoms with Crippen molar-refractivity contribution in [3.63, 3.8) is 0 Å². The molecule has 1 aliphatic rings. The second-order valence-electron chi connectivity index (χ2n) is 4.42. The molecule has 0 fully saturated rings. The highest BCUT2D eigenvalue weighted by atomic mass is 35.5. The number of carbonyl (C=O) groups excluding carboxylic acids is 1. The molecule has 0 unspecified atom stereocenters. The predicted molar refractivity (Wildman–Crippen MR) is 75.6 cm³/mol. The average Bonchev–Trinajstić information content (AvgIpc) is 2.66. The van der Waals surface area contributed by atoms with Gasteiger partial charge in [0.15, 0.2) is 0 Å². The van der Waals surface area contributed by atoms with Crippen LogP contribution in [0.2, 0.25) is 10.2 Å². The van der Waals surface area contributed by atoms with E-state index < -0.39 is 0 Å². The molecule has 0 aliphatic carbocycles. The van der Waals surface area contributed by atoms with Crippen LogP contribution < -0.4 is 4.90 Å². The van der Waals surface area contributed by atoms with E-state index in [-0.39, 0.29) is 5.91 Å².